The van der Waals surface area contributed by atoms with Crippen LogP contribution in [0.3, 0.4) is 0 Å². The van der Waals surface area contributed by atoms with Crippen LogP contribution in [0.1, 0.15) is 40.5 Å². The van der Waals surface area contributed by atoms with Crippen molar-refractivity contribution in [2.75, 3.05) is 11.1 Å². The van der Waals surface area contributed by atoms with Gasteiger partial charge in [0.25, 0.3) is 5.91 Å². The second-order valence-corrected chi connectivity index (χ2v) is 8.61. The van der Waals surface area contributed by atoms with Crippen molar-refractivity contribution in [1.29, 1.82) is 0 Å². The van der Waals surface area contributed by atoms with Gasteiger partial charge < -0.3 is 11.1 Å². The fourth-order valence-electron chi connectivity index (χ4n) is 3.63. The molecule has 2 atom stereocenters. The summed E-state index contributed by atoms with van der Waals surface area (Å²) in [6, 6.07) is 7.54. The van der Waals surface area contributed by atoms with Crippen LogP contribution in [-0.2, 0) is 6.42 Å². The van der Waals surface area contributed by atoms with Gasteiger partial charge in [-0.3, -0.25) is 9.79 Å². The Balaban J connectivity index is 0.00000117. The smallest absolute Gasteiger partial charge is 0.275 e. The van der Waals surface area contributed by atoms with Gasteiger partial charge in [-0.05, 0) is 54.5 Å². The van der Waals surface area contributed by atoms with E-state index >= 15 is 0 Å². The van der Waals surface area contributed by atoms with Gasteiger partial charge in [0.05, 0.1) is 16.1 Å². The van der Waals surface area contributed by atoms with E-state index in [4.69, 9.17) is 33.9 Å². The van der Waals surface area contributed by atoms with Crippen LogP contribution in [0.15, 0.2) is 35.5 Å². The standard InChI is InChI=1S/C19H18Cl2N4OS.C2H2/c20-12-6-15(21)17(23-8-12)18(26)24-13-5-4-10-2-1-3-11-9-27-19(22)25-16(11)14(10)7-13;1-2/h4-8,11,16H,1-3,9H2,(H2,22,25)(H,24,26);1-2H/t11-,16+;/m1./s1. The van der Waals surface area contributed by atoms with Crippen LogP contribution in [0, 0.1) is 18.8 Å². The van der Waals surface area contributed by atoms with Crippen molar-refractivity contribution in [2.45, 2.75) is 25.3 Å². The van der Waals surface area contributed by atoms with Crippen LogP contribution < -0.4 is 11.1 Å². The lowest BCUT2D eigenvalue weighted by molar-refractivity contribution is 0.102. The first-order valence-corrected chi connectivity index (χ1v) is 10.8. The highest BCUT2D eigenvalue weighted by Gasteiger charge is 2.31. The minimum absolute atomic E-state index is 0.0536. The predicted octanol–water partition coefficient (Wildman–Crippen LogP) is 4.95. The molecule has 1 aromatic heterocycles. The summed E-state index contributed by atoms with van der Waals surface area (Å²) in [5.74, 6) is 1.09. The molecule has 150 valence electrons. The van der Waals surface area contributed by atoms with E-state index in [2.05, 4.69) is 29.2 Å². The summed E-state index contributed by atoms with van der Waals surface area (Å²) in [4.78, 5) is 21.3. The Morgan fingerprint density at radius 3 is 2.83 bits per heavy atom. The number of benzene rings is 1. The molecule has 2 heterocycles. The van der Waals surface area contributed by atoms with Crippen molar-refractivity contribution in [2.24, 2.45) is 16.6 Å². The number of carbonyl (C=O) groups excluding carboxylic acids is 1. The van der Waals surface area contributed by atoms with Gasteiger partial charge >= 0.3 is 0 Å². The van der Waals surface area contributed by atoms with Gasteiger partial charge in [0, 0.05) is 17.6 Å². The number of aromatic nitrogens is 1. The fourth-order valence-corrected chi connectivity index (χ4v) is 5.02. The molecule has 5 nitrogen and oxygen atoms in total. The number of pyridine rings is 1. The number of amidine groups is 1. The van der Waals surface area contributed by atoms with Crippen LogP contribution in [0.5, 0.6) is 0 Å². The number of rotatable bonds is 2. The number of thioether (sulfide) groups is 1. The number of terminal acetylenes is 1. The summed E-state index contributed by atoms with van der Waals surface area (Å²) in [6.45, 7) is 0. The monoisotopic (exact) mass is 446 g/mol. The molecule has 3 N–H and O–H groups in total. The largest absolute Gasteiger partial charge is 0.379 e. The molecule has 0 fully saturated rings. The van der Waals surface area contributed by atoms with Crippen molar-refractivity contribution in [1.82, 2.24) is 4.98 Å². The first-order chi connectivity index (χ1) is 14.0. The number of nitrogens with two attached hydrogens (primary N) is 1. The van der Waals surface area contributed by atoms with E-state index in [1.807, 2.05) is 12.1 Å². The second-order valence-electron chi connectivity index (χ2n) is 6.73. The number of fused-ring (bicyclic) bond motifs is 3. The Labute approximate surface area is 184 Å². The number of carbonyl (C=O) groups is 1. The quantitative estimate of drug-likeness (QED) is 0.639. The first kappa shape index (κ1) is 21.5. The Morgan fingerprint density at radius 2 is 2.07 bits per heavy atom. The number of hydrogen-bond acceptors (Lipinski definition) is 5. The van der Waals surface area contributed by atoms with Crippen LogP contribution >= 0.6 is 35.0 Å². The number of nitrogens with zero attached hydrogens (tertiary/aromatic N) is 2. The highest BCUT2D eigenvalue weighted by atomic mass is 35.5. The first-order valence-electron chi connectivity index (χ1n) is 9.06. The third-order valence-corrected chi connectivity index (χ3v) is 6.42. The number of anilines is 1. The molecular weight excluding hydrogens is 427 g/mol. The molecule has 4 rings (SSSR count). The molecule has 1 aliphatic carbocycles. The Hall–Kier alpha value is -2.20. The summed E-state index contributed by atoms with van der Waals surface area (Å²) in [6.07, 6.45) is 12.7. The van der Waals surface area contributed by atoms with E-state index in [-0.39, 0.29) is 22.7 Å². The molecular formula is C21H20Cl2N4OS. The van der Waals surface area contributed by atoms with E-state index in [9.17, 15) is 4.79 Å². The summed E-state index contributed by atoms with van der Waals surface area (Å²) in [7, 11) is 0. The molecule has 0 saturated carbocycles. The molecule has 0 saturated heterocycles. The minimum Gasteiger partial charge on any atom is -0.379 e. The number of aryl methyl sites for hydroxylation is 1. The Morgan fingerprint density at radius 1 is 1.28 bits per heavy atom. The number of aliphatic imine (C=N–C) groups is 1. The van der Waals surface area contributed by atoms with Crippen molar-refractivity contribution >= 4 is 51.7 Å². The molecule has 2 aromatic rings. The van der Waals surface area contributed by atoms with Gasteiger partial charge in [-0.1, -0.05) is 41.0 Å². The summed E-state index contributed by atoms with van der Waals surface area (Å²) in [5.41, 5.74) is 9.24. The maximum absolute atomic E-state index is 12.6. The molecule has 0 spiro atoms. The lowest BCUT2D eigenvalue weighted by Crippen LogP contribution is -2.24. The number of halogens is 2. The van der Waals surface area contributed by atoms with E-state index in [1.54, 1.807) is 11.8 Å². The summed E-state index contributed by atoms with van der Waals surface area (Å²) >= 11 is 13.6. The lowest BCUT2D eigenvalue weighted by Gasteiger charge is -2.27. The van der Waals surface area contributed by atoms with Crippen molar-refractivity contribution in [3.05, 3.63) is 57.3 Å². The normalized spacial score (nSPS) is 20.1. The third kappa shape index (κ3) is 4.87. The van der Waals surface area contributed by atoms with Crippen LogP contribution in [0.25, 0.3) is 0 Å². The van der Waals surface area contributed by atoms with E-state index in [0.717, 1.165) is 30.6 Å². The molecule has 1 aliphatic heterocycles. The Bertz CT molecular complexity index is 976. The minimum atomic E-state index is -0.371. The molecule has 29 heavy (non-hydrogen) atoms. The number of amides is 1. The van der Waals surface area contributed by atoms with Crippen molar-refractivity contribution in [3.8, 4) is 12.8 Å². The summed E-state index contributed by atoms with van der Waals surface area (Å²) in [5, 5.41) is 4.12. The van der Waals surface area contributed by atoms with Gasteiger partial charge in [0.15, 0.2) is 5.17 Å². The van der Waals surface area contributed by atoms with E-state index in [1.165, 1.54) is 17.8 Å². The zero-order valence-electron chi connectivity index (χ0n) is 15.6. The lowest BCUT2D eigenvalue weighted by atomic mass is 9.92. The molecule has 0 bridgehead atoms. The van der Waals surface area contributed by atoms with Crippen molar-refractivity contribution in [3.63, 3.8) is 0 Å². The SMILES string of the molecule is C#C.NC1=N[C@@H]2c3cc(NC(=O)c4ncc(Cl)cc4Cl)ccc3CCC[C@@H]2CS1. The van der Waals surface area contributed by atoms with Gasteiger partial charge in [-0.25, -0.2) is 4.98 Å². The van der Waals surface area contributed by atoms with Crippen LogP contribution in [0.4, 0.5) is 5.69 Å². The van der Waals surface area contributed by atoms with E-state index in [0.29, 0.717) is 21.8 Å². The topological polar surface area (TPSA) is 80.4 Å². The Kier molecular flexibility index (Phi) is 7.07. The molecule has 2 aliphatic rings. The van der Waals surface area contributed by atoms with Gasteiger partial charge in [0.1, 0.15) is 5.69 Å². The fraction of sp³-hybridized carbons (Fsp3) is 0.286. The number of nitrogens with one attached hydrogen (secondary N) is 1. The van der Waals surface area contributed by atoms with E-state index < -0.39 is 0 Å². The van der Waals surface area contributed by atoms with Crippen LogP contribution in [-0.4, -0.2) is 21.8 Å². The molecule has 0 radical (unpaired) electrons. The number of hydrogen-bond donors (Lipinski definition) is 2. The van der Waals surface area contributed by atoms with Crippen LogP contribution in [0.2, 0.25) is 10.0 Å². The zero-order chi connectivity index (χ0) is 21.0. The molecule has 0 unspecified atom stereocenters. The third-order valence-electron chi connectivity index (χ3n) is 4.92. The predicted molar refractivity (Wildman–Crippen MR) is 122 cm³/mol. The molecule has 8 heteroatoms. The maximum atomic E-state index is 12.6. The van der Waals surface area contributed by atoms with Gasteiger partial charge in [-0.2, -0.15) is 0 Å². The average molecular weight is 447 g/mol. The second kappa shape index (κ2) is 9.53. The van der Waals surface area contributed by atoms with Gasteiger partial charge in [0.2, 0.25) is 0 Å². The maximum Gasteiger partial charge on any atom is 0.275 e. The highest BCUT2D eigenvalue weighted by Crippen LogP contribution is 2.41. The van der Waals surface area contributed by atoms with Crippen molar-refractivity contribution < 1.29 is 4.79 Å². The average Bonchev–Trinajstić information content (AvgIpc) is 2.88. The summed E-state index contributed by atoms with van der Waals surface area (Å²) < 4.78 is 0. The molecule has 1 amide bonds. The zero-order valence-corrected chi connectivity index (χ0v) is 17.9. The molecule has 1 aromatic carbocycles. The van der Waals surface area contributed by atoms with Gasteiger partial charge in [-0.15, -0.1) is 12.8 Å². The highest BCUT2D eigenvalue weighted by molar-refractivity contribution is 8.13.